The van der Waals surface area contributed by atoms with Gasteiger partial charge in [-0.05, 0) is 85.2 Å². The maximum Gasteiger partial charge on any atom is 0.137 e. The second-order valence-electron chi connectivity index (χ2n) is 12.5. The van der Waals surface area contributed by atoms with Crippen molar-refractivity contribution in [3.8, 4) is 11.1 Å². The first-order valence-electron chi connectivity index (χ1n) is 16.4. The Balaban J connectivity index is 1.32. The fourth-order valence-corrected chi connectivity index (χ4v) is 7.66. The van der Waals surface area contributed by atoms with E-state index in [0.717, 1.165) is 39.0 Å². The van der Waals surface area contributed by atoms with E-state index in [9.17, 15) is 0 Å². The van der Waals surface area contributed by atoms with Gasteiger partial charge >= 0.3 is 0 Å². The number of furan rings is 1. The molecule has 1 heterocycles. The highest BCUT2D eigenvalue weighted by Gasteiger charge is 2.22. The van der Waals surface area contributed by atoms with Crippen molar-refractivity contribution in [2.45, 2.75) is 0 Å². The first-order valence-corrected chi connectivity index (χ1v) is 16.4. The van der Waals surface area contributed by atoms with Crippen LogP contribution in [0.3, 0.4) is 0 Å². The van der Waals surface area contributed by atoms with E-state index in [4.69, 9.17) is 4.42 Å². The molecule has 0 N–H and O–H groups in total. The van der Waals surface area contributed by atoms with Crippen molar-refractivity contribution in [1.29, 1.82) is 0 Å². The molecular formula is C46H29NO. The third-order valence-corrected chi connectivity index (χ3v) is 9.80. The second kappa shape index (κ2) is 10.6. The van der Waals surface area contributed by atoms with Gasteiger partial charge in [0.2, 0.25) is 0 Å². The predicted molar refractivity (Wildman–Crippen MR) is 204 cm³/mol. The maximum atomic E-state index is 6.42. The molecule has 224 valence electrons. The van der Waals surface area contributed by atoms with Gasteiger partial charge in [-0.15, -0.1) is 0 Å². The molecule has 2 nitrogen and oxygen atoms in total. The van der Waals surface area contributed by atoms with Gasteiger partial charge in [0, 0.05) is 16.5 Å². The molecule has 0 bridgehead atoms. The first kappa shape index (κ1) is 26.8. The average Bonchev–Trinajstić information content (AvgIpc) is 3.54. The lowest BCUT2D eigenvalue weighted by molar-refractivity contribution is 0.669. The number of hydrogen-bond acceptors (Lipinski definition) is 2. The SMILES string of the molecule is c1ccc(-c2cccc(N(c3cccc4c3ccc3ccc5ccc6ccccc6c5c34)c3cccc4oc5ccccc5c34)c2)cc1. The van der Waals surface area contributed by atoms with Crippen LogP contribution in [-0.2, 0) is 0 Å². The molecule has 0 fully saturated rings. The Morgan fingerprint density at radius 3 is 1.81 bits per heavy atom. The minimum atomic E-state index is 0.876. The molecule has 0 amide bonds. The lowest BCUT2D eigenvalue weighted by Crippen LogP contribution is -2.11. The summed E-state index contributed by atoms with van der Waals surface area (Å²) in [6, 6.07) is 63.3. The third-order valence-electron chi connectivity index (χ3n) is 9.80. The molecule has 0 radical (unpaired) electrons. The number of rotatable bonds is 4. The summed E-state index contributed by atoms with van der Waals surface area (Å²) in [5.74, 6) is 0. The van der Waals surface area contributed by atoms with E-state index in [1.807, 2.05) is 6.07 Å². The van der Waals surface area contributed by atoms with Crippen molar-refractivity contribution in [3.63, 3.8) is 0 Å². The smallest absolute Gasteiger partial charge is 0.137 e. The van der Waals surface area contributed by atoms with Crippen LogP contribution in [0.25, 0.3) is 76.2 Å². The fourth-order valence-electron chi connectivity index (χ4n) is 7.66. The van der Waals surface area contributed by atoms with E-state index in [2.05, 4.69) is 175 Å². The van der Waals surface area contributed by atoms with Crippen LogP contribution in [0.2, 0.25) is 0 Å². The minimum absolute atomic E-state index is 0.876. The van der Waals surface area contributed by atoms with Crippen molar-refractivity contribution in [3.05, 3.63) is 176 Å². The van der Waals surface area contributed by atoms with E-state index in [1.165, 1.54) is 54.2 Å². The Bertz CT molecular complexity index is 2840. The molecule has 9 aromatic carbocycles. The van der Waals surface area contributed by atoms with Crippen molar-refractivity contribution in [2.75, 3.05) is 4.90 Å². The highest BCUT2D eigenvalue weighted by molar-refractivity contribution is 6.29. The molecule has 0 unspecified atom stereocenters. The Labute approximate surface area is 277 Å². The summed E-state index contributed by atoms with van der Waals surface area (Å²) in [5.41, 5.74) is 7.42. The molecule has 48 heavy (non-hydrogen) atoms. The highest BCUT2D eigenvalue weighted by atomic mass is 16.3. The normalized spacial score (nSPS) is 11.8. The van der Waals surface area contributed by atoms with Gasteiger partial charge in [0.05, 0.1) is 16.8 Å². The summed E-state index contributed by atoms with van der Waals surface area (Å²) in [6.07, 6.45) is 0. The van der Waals surface area contributed by atoms with Gasteiger partial charge in [-0.25, -0.2) is 0 Å². The average molecular weight is 612 g/mol. The molecule has 0 saturated heterocycles. The summed E-state index contributed by atoms with van der Waals surface area (Å²) in [6.45, 7) is 0. The Morgan fingerprint density at radius 2 is 0.938 bits per heavy atom. The van der Waals surface area contributed by atoms with Crippen molar-refractivity contribution < 1.29 is 4.42 Å². The molecule has 0 atom stereocenters. The van der Waals surface area contributed by atoms with Crippen LogP contribution in [0.4, 0.5) is 17.1 Å². The molecule has 0 saturated carbocycles. The first-order chi connectivity index (χ1) is 23.8. The molecule has 0 aliphatic carbocycles. The molecule has 10 rings (SSSR count). The van der Waals surface area contributed by atoms with Crippen LogP contribution in [0.15, 0.2) is 180 Å². The molecule has 0 spiro atoms. The molecular weight excluding hydrogens is 583 g/mol. The Kier molecular flexibility index (Phi) is 5.91. The second-order valence-corrected chi connectivity index (χ2v) is 12.5. The fraction of sp³-hybridized carbons (Fsp3) is 0. The molecule has 1 aromatic heterocycles. The Hall–Kier alpha value is -6.38. The lowest BCUT2D eigenvalue weighted by Gasteiger charge is -2.28. The van der Waals surface area contributed by atoms with Gasteiger partial charge in [0.1, 0.15) is 11.2 Å². The highest BCUT2D eigenvalue weighted by Crippen LogP contribution is 2.47. The van der Waals surface area contributed by atoms with Crippen LogP contribution < -0.4 is 4.90 Å². The van der Waals surface area contributed by atoms with E-state index in [0.29, 0.717) is 0 Å². The summed E-state index contributed by atoms with van der Waals surface area (Å²) in [5, 5.41) is 12.3. The van der Waals surface area contributed by atoms with Crippen molar-refractivity contribution in [2.24, 2.45) is 0 Å². The van der Waals surface area contributed by atoms with E-state index >= 15 is 0 Å². The van der Waals surface area contributed by atoms with E-state index < -0.39 is 0 Å². The van der Waals surface area contributed by atoms with E-state index in [1.54, 1.807) is 0 Å². The van der Waals surface area contributed by atoms with Crippen LogP contribution in [0, 0.1) is 0 Å². The van der Waals surface area contributed by atoms with Crippen LogP contribution >= 0.6 is 0 Å². The van der Waals surface area contributed by atoms with E-state index in [-0.39, 0.29) is 0 Å². The quantitative estimate of drug-likeness (QED) is 0.184. The van der Waals surface area contributed by atoms with Gasteiger partial charge in [0.25, 0.3) is 0 Å². The maximum absolute atomic E-state index is 6.42. The number of fused-ring (bicyclic) bond motifs is 10. The molecule has 2 heteroatoms. The monoisotopic (exact) mass is 611 g/mol. The van der Waals surface area contributed by atoms with Gasteiger partial charge in [-0.1, -0.05) is 140 Å². The number of hydrogen-bond donors (Lipinski definition) is 0. The largest absolute Gasteiger partial charge is 0.456 e. The van der Waals surface area contributed by atoms with Crippen molar-refractivity contribution >= 4 is 82.1 Å². The van der Waals surface area contributed by atoms with Crippen LogP contribution in [0.1, 0.15) is 0 Å². The number of nitrogens with zero attached hydrogens (tertiary/aromatic N) is 1. The molecule has 10 aromatic rings. The zero-order valence-corrected chi connectivity index (χ0v) is 26.1. The van der Waals surface area contributed by atoms with Gasteiger partial charge in [-0.2, -0.15) is 0 Å². The molecule has 0 aliphatic rings. The lowest BCUT2D eigenvalue weighted by atomic mass is 9.92. The third kappa shape index (κ3) is 4.06. The summed E-state index contributed by atoms with van der Waals surface area (Å²) in [7, 11) is 0. The van der Waals surface area contributed by atoms with Gasteiger partial charge in [0.15, 0.2) is 0 Å². The summed E-state index contributed by atoms with van der Waals surface area (Å²) < 4.78 is 6.42. The zero-order valence-electron chi connectivity index (χ0n) is 26.1. The van der Waals surface area contributed by atoms with Crippen molar-refractivity contribution in [1.82, 2.24) is 0 Å². The predicted octanol–water partition coefficient (Wildman–Crippen LogP) is 13.3. The number of anilines is 3. The van der Waals surface area contributed by atoms with Crippen LogP contribution in [-0.4, -0.2) is 0 Å². The topological polar surface area (TPSA) is 16.4 Å². The zero-order chi connectivity index (χ0) is 31.6. The number of benzene rings is 9. The molecule has 0 aliphatic heterocycles. The Morgan fingerprint density at radius 1 is 0.333 bits per heavy atom. The summed E-state index contributed by atoms with van der Waals surface area (Å²) >= 11 is 0. The van der Waals surface area contributed by atoms with Crippen LogP contribution in [0.5, 0.6) is 0 Å². The van der Waals surface area contributed by atoms with Gasteiger partial charge < -0.3 is 9.32 Å². The number of para-hydroxylation sites is 1. The summed E-state index contributed by atoms with van der Waals surface area (Å²) in [4.78, 5) is 2.42. The minimum Gasteiger partial charge on any atom is -0.456 e. The standard InChI is InChI=1S/C46H29NO/c1-2-11-30(12-3-1)34-14-8-15-35(29-34)47(41-20-10-22-43-46(41)39-17-6-7-21-42(39)48-43)40-19-9-18-38-37(40)28-27-33-26-25-32-24-23-31-13-4-5-16-36(31)44(32)45(33)38/h1-29H. The van der Waals surface area contributed by atoms with Gasteiger partial charge in [-0.3, -0.25) is 0 Å².